The number of methoxy groups -OCH3 is 1. The Balaban J connectivity index is 1.50. The highest BCUT2D eigenvalue weighted by atomic mass is 16.6. The minimum Gasteiger partial charge on any atom is -0.490 e. The van der Waals surface area contributed by atoms with Crippen molar-refractivity contribution in [3.05, 3.63) is 30.5 Å². The molecule has 0 spiro atoms. The highest BCUT2D eigenvalue weighted by Crippen LogP contribution is 2.41. The molecule has 1 aromatic heterocycles. The van der Waals surface area contributed by atoms with Gasteiger partial charge in [0.15, 0.2) is 0 Å². The molecule has 39 heavy (non-hydrogen) atoms. The number of rotatable bonds is 7. The van der Waals surface area contributed by atoms with Gasteiger partial charge in [-0.05, 0) is 59.7 Å². The molecule has 3 heterocycles. The SMILES string of the molecule is COc1ncc(N2CCOc3ccc(O[C@H]4CCN(C(=O)OC(C)(C)C)C4)cc32)cc1NC(O)OC(C)(C)C. The van der Waals surface area contributed by atoms with Crippen LogP contribution in [0.15, 0.2) is 30.5 Å². The quantitative estimate of drug-likeness (QED) is 0.483. The smallest absolute Gasteiger partial charge is 0.410 e. The topological polar surface area (TPSA) is 115 Å². The van der Waals surface area contributed by atoms with Crippen LogP contribution >= 0.6 is 0 Å². The number of carbonyl (C=O) groups is 1. The number of nitrogens with zero attached hydrogens (tertiary/aromatic N) is 3. The summed E-state index contributed by atoms with van der Waals surface area (Å²) in [6, 6.07) is 7.53. The van der Waals surface area contributed by atoms with Crippen molar-refractivity contribution in [1.29, 1.82) is 0 Å². The van der Waals surface area contributed by atoms with Crippen molar-refractivity contribution in [1.82, 2.24) is 9.88 Å². The molecule has 2 aliphatic heterocycles. The van der Waals surface area contributed by atoms with Crippen LogP contribution in [0.2, 0.25) is 0 Å². The standard InChI is InChI=1S/C28H40N4O7/c1-27(2,3)38-25(33)30-21-14-18(16-29-24(21)35-7)32-12-13-36-23-9-8-19(15-22(23)32)37-20-10-11-31(17-20)26(34)39-28(4,5)6/h8-9,14-16,20,25,30,33H,10-13,17H2,1-7H3/t20-,25?/m0/s1. The second kappa shape index (κ2) is 11.4. The Kier molecular flexibility index (Phi) is 8.31. The van der Waals surface area contributed by atoms with Gasteiger partial charge in [0.05, 0.1) is 43.4 Å². The third-order valence-corrected chi connectivity index (χ3v) is 5.98. The Morgan fingerprint density at radius 2 is 1.92 bits per heavy atom. The third-order valence-electron chi connectivity index (χ3n) is 5.98. The lowest BCUT2D eigenvalue weighted by Crippen LogP contribution is -2.36. The number of carbonyl (C=O) groups excluding carboxylic acids is 1. The summed E-state index contributed by atoms with van der Waals surface area (Å²) >= 11 is 0. The van der Waals surface area contributed by atoms with E-state index >= 15 is 0 Å². The molecule has 214 valence electrons. The molecule has 2 N–H and O–H groups in total. The average molecular weight is 545 g/mol. The Morgan fingerprint density at radius 1 is 1.15 bits per heavy atom. The number of anilines is 3. The second-order valence-electron chi connectivity index (χ2n) is 11.6. The molecule has 1 saturated heterocycles. The molecule has 1 amide bonds. The largest absolute Gasteiger partial charge is 0.490 e. The molecule has 1 unspecified atom stereocenters. The van der Waals surface area contributed by atoms with E-state index in [0.717, 1.165) is 17.1 Å². The van der Waals surface area contributed by atoms with E-state index in [1.807, 2.05) is 65.8 Å². The molecular weight excluding hydrogens is 504 g/mol. The lowest BCUT2D eigenvalue weighted by molar-refractivity contribution is -0.148. The monoisotopic (exact) mass is 544 g/mol. The molecule has 0 saturated carbocycles. The molecule has 0 aliphatic carbocycles. The number of hydrogen-bond acceptors (Lipinski definition) is 10. The molecule has 2 aliphatic rings. The van der Waals surface area contributed by atoms with Crippen LogP contribution in [0.3, 0.4) is 0 Å². The highest BCUT2D eigenvalue weighted by Gasteiger charge is 2.31. The van der Waals surface area contributed by atoms with E-state index in [1.165, 1.54) is 7.11 Å². The molecule has 2 aromatic rings. The molecule has 2 atom stereocenters. The van der Waals surface area contributed by atoms with Gasteiger partial charge in [-0.25, -0.2) is 9.78 Å². The molecule has 11 heteroatoms. The van der Waals surface area contributed by atoms with Gasteiger partial charge in [-0.2, -0.15) is 0 Å². The Hall–Kier alpha value is -3.44. The van der Waals surface area contributed by atoms with Gasteiger partial charge in [0, 0.05) is 19.0 Å². The summed E-state index contributed by atoms with van der Waals surface area (Å²) in [6.45, 7) is 13.3. The third kappa shape index (κ3) is 7.57. The number of amides is 1. The Bertz CT molecular complexity index is 1160. The minimum absolute atomic E-state index is 0.142. The van der Waals surface area contributed by atoms with Crippen molar-refractivity contribution in [2.24, 2.45) is 0 Å². The van der Waals surface area contributed by atoms with Crippen LogP contribution in [0.25, 0.3) is 0 Å². The normalized spacial score (nSPS) is 18.2. The number of aliphatic hydroxyl groups is 1. The van der Waals surface area contributed by atoms with Gasteiger partial charge >= 0.3 is 6.09 Å². The van der Waals surface area contributed by atoms with Gasteiger partial charge < -0.3 is 43.9 Å². The number of aromatic nitrogens is 1. The fourth-order valence-corrected chi connectivity index (χ4v) is 4.40. The van der Waals surface area contributed by atoms with Crippen molar-refractivity contribution in [2.45, 2.75) is 71.7 Å². The first kappa shape index (κ1) is 28.6. The zero-order valence-electron chi connectivity index (χ0n) is 23.8. The second-order valence-corrected chi connectivity index (χ2v) is 11.6. The maximum atomic E-state index is 12.4. The van der Waals surface area contributed by atoms with Gasteiger partial charge in [-0.3, -0.25) is 0 Å². The van der Waals surface area contributed by atoms with Crippen LogP contribution in [0.4, 0.5) is 21.9 Å². The number of likely N-dealkylation sites (tertiary alicyclic amines) is 1. The summed E-state index contributed by atoms with van der Waals surface area (Å²) in [4.78, 5) is 20.6. The average Bonchev–Trinajstić information content (AvgIpc) is 3.30. The summed E-state index contributed by atoms with van der Waals surface area (Å²) in [5, 5.41) is 13.3. The van der Waals surface area contributed by atoms with E-state index in [9.17, 15) is 9.90 Å². The summed E-state index contributed by atoms with van der Waals surface area (Å²) in [5.41, 5.74) is 1.000. The van der Waals surface area contributed by atoms with Crippen molar-refractivity contribution in [2.75, 3.05) is 43.6 Å². The van der Waals surface area contributed by atoms with Crippen LogP contribution < -0.4 is 24.4 Å². The summed E-state index contributed by atoms with van der Waals surface area (Å²) in [6.07, 6.45) is 0.704. The predicted molar refractivity (Wildman–Crippen MR) is 147 cm³/mol. The number of fused-ring (bicyclic) bond motifs is 1. The van der Waals surface area contributed by atoms with E-state index in [4.69, 9.17) is 23.7 Å². The van der Waals surface area contributed by atoms with Crippen LogP contribution in [0.1, 0.15) is 48.0 Å². The lowest BCUT2D eigenvalue weighted by Gasteiger charge is -2.32. The fourth-order valence-electron chi connectivity index (χ4n) is 4.40. The lowest BCUT2D eigenvalue weighted by atomic mass is 10.2. The summed E-state index contributed by atoms with van der Waals surface area (Å²) in [5.74, 6) is 1.72. The molecule has 4 rings (SSSR count). The minimum atomic E-state index is -1.25. The van der Waals surface area contributed by atoms with E-state index in [2.05, 4.69) is 15.2 Å². The first-order valence-corrected chi connectivity index (χ1v) is 13.2. The number of pyridine rings is 1. The first-order valence-electron chi connectivity index (χ1n) is 13.2. The zero-order chi connectivity index (χ0) is 28.4. The molecule has 0 radical (unpaired) electrons. The Morgan fingerprint density at radius 3 is 2.62 bits per heavy atom. The number of nitrogens with one attached hydrogen (secondary N) is 1. The predicted octanol–water partition coefficient (Wildman–Crippen LogP) is 4.51. The van der Waals surface area contributed by atoms with Crippen LogP contribution in [0, 0.1) is 0 Å². The van der Waals surface area contributed by atoms with Crippen molar-refractivity contribution >= 4 is 23.2 Å². The van der Waals surface area contributed by atoms with E-state index in [0.29, 0.717) is 50.0 Å². The first-order chi connectivity index (χ1) is 18.3. The molecule has 1 fully saturated rings. The van der Waals surface area contributed by atoms with E-state index in [1.54, 1.807) is 11.1 Å². The van der Waals surface area contributed by atoms with Gasteiger partial charge in [-0.1, -0.05) is 0 Å². The van der Waals surface area contributed by atoms with Crippen molar-refractivity contribution < 1.29 is 33.6 Å². The molecule has 0 bridgehead atoms. The van der Waals surface area contributed by atoms with Crippen LogP contribution in [-0.2, 0) is 9.47 Å². The van der Waals surface area contributed by atoms with Crippen molar-refractivity contribution in [3.8, 4) is 17.4 Å². The van der Waals surface area contributed by atoms with E-state index in [-0.39, 0.29) is 12.2 Å². The van der Waals surface area contributed by atoms with Crippen LogP contribution in [-0.4, -0.2) is 78.2 Å². The maximum Gasteiger partial charge on any atom is 0.410 e. The highest BCUT2D eigenvalue weighted by molar-refractivity contribution is 5.74. The summed E-state index contributed by atoms with van der Waals surface area (Å²) in [7, 11) is 1.52. The number of ether oxygens (including phenoxy) is 5. The van der Waals surface area contributed by atoms with Crippen molar-refractivity contribution in [3.63, 3.8) is 0 Å². The van der Waals surface area contributed by atoms with Gasteiger partial charge in [0.25, 0.3) is 0 Å². The molecule has 1 aromatic carbocycles. The van der Waals surface area contributed by atoms with Crippen LogP contribution in [0.5, 0.6) is 17.4 Å². The van der Waals surface area contributed by atoms with Gasteiger partial charge in [0.2, 0.25) is 12.3 Å². The number of aliphatic hydroxyl groups excluding tert-OH is 1. The number of hydrogen-bond donors (Lipinski definition) is 2. The molecule has 11 nitrogen and oxygen atoms in total. The maximum absolute atomic E-state index is 12.4. The van der Waals surface area contributed by atoms with E-state index < -0.39 is 17.6 Å². The zero-order valence-corrected chi connectivity index (χ0v) is 23.8. The Labute approximate surface area is 229 Å². The summed E-state index contributed by atoms with van der Waals surface area (Å²) < 4.78 is 28.6. The van der Waals surface area contributed by atoms with Gasteiger partial charge in [-0.15, -0.1) is 0 Å². The number of benzene rings is 1. The molecular formula is C28H40N4O7. The fraction of sp³-hybridized carbons (Fsp3) is 0.571. The van der Waals surface area contributed by atoms with Gasteiger partial charge in [0.1, 0.15) is 35.5 Å².